The van der Waals surface area contributed by atoms with Crippen molar-refractivity contribution in [1.82, 2.24) is 0 Å². The zero-order valence-electron chi connectivity index (χ0n) is 13.0. The van der Waals surface area contributed by atoms with Crippen LogP contribution >= 0.6 is 0 Å². The van der Waals surface area contributed by atoms with Crippen LogP contribution in [0.4, 0.5) is 5.69 Å². The van der Waals surface area contributed by atoms with Crippen molar-refractivity contribution in [3.8, 4) is 0 Å². The molecule has 0 aromatic heterocycles. The molecule has 0 amide bonds. The monoisotopic (exact) mass is 281 g/mol. The molecule has 2 nitrogen and oxygen atoms in total. The molecule has 3 atom stereocenters. The maximum Gasteiger partial charge on any atom is 0.129 e. The first-order valence-electron chi connectivity index (χ1n) is 7.56. The van der Waals surface area contributed by atoms with Gasteiger partial charge in [-0.2, -0.15) is 0 Å². The maximum atomic E-state index is 6.30. The van der Waals surface area contributed by atoms with Gasteiger partial charge < -0.3 is 10.1 Å². The normalized spacial score (nSPS) is 28.0. The molecule has 0 saturated carbocycles. The van der Waals surface area contributed by atoms with E-state index >= 15 is 0 Å². The van der Waals surface area contributed by atoms with E-state index in [0.29, 0.717) is 0 Å². The molecule has 2 heteroatoms. The molecule has 1 aromatic carbocycles. The molecule has 2 bridgehead atoms. The molecule has 2 aliphatic rings. The third-order valence-electron chi connectivity index (χ3n) is 4.76. The van der Waals surface area contributed by atoms with Gasteiger partial charge in [-0.25, -0.2) is 0 Å². The standard InChI is InChI=1S/C19H23NO/c1-5-6-18(20-16-9-7-13(2)8-10-16)19-12-11-17(21-19)14(3)15(19)4/h5,7-12,17-18,20H,1,6H2,2-4H3/t17?,18-,19?/m1/s1. The Balaban J connectivity index is 1.90. The van der Waals surface area contributed by atoms with Crippen molar-refractivity contribution in [3.63, 3.8) is 0 Å². The van der Waals surface area contributed by atoms with Crippen molar-refractivity contribution in [2.75, 3.05) is 5.32 Å². The van der Waals surface area contributed by atoms with Crippen LogP contribution in [0.1, 0.15) is 25.8 Å². The van der Waals surface area contributed by atoms with E-state index in [1.807, 2.05) is 6.08 Å². The van der Waals surface area contributed by atoms with E-state index in [1.54, 1.807) is 0 Å². The van der Waals surface area contributed by atoms with E-state index in [2.05, 4.69) is 69.1 Å². The summed E-state index contributed by atoms with van der Waals surface area (Å²) in [4.78, 5) is 0. The van der Waals surface area contributed by atoms with Crippen LogP contribution in [-0.4, -0.2) is 17.7 Å². The minimum Gasteiger partial charge on any atom is -0.378 e. The number of fused-ring (bicyclic) bond motifs is 2. The van der Waals surface area contributed by atoms with E-state index in [-0.39, 0.29) is 17.7 Å². The molecule has 0 fully saturated rings. The third kappa shape index (κ3) is 2.24. The lowest BCUT2D eigenvalue weighted by molar-refractivity contribution is 0.0284. The van der Waals surface area contributed by atoms with Crippen LogP contribution in [0.15, 0.2) is 60.2 Å². The molecule has 0 saturated heterocycles. The second kappa shape index (κ2) is 5.19. The molecule has 2 unspecified atom stereocenters. The van der Waals surface area contributed by atoms with Gasteiger partial charge in [-0.05, 0) is 56.5 Å². The first-order valence-corrected chi connectivity index (χ1v) is 7.56. The Morgan fingerprint density at radius 2 is 2.00 bits per heavy atom. The predicted molar refractivity (Wildman–Crippen MR) is 88.5 cm³/mol. The molecule has 110 valence electrons. The number of hydrogen-bond acceptors (Lipinski definition) is 2. The molecule has 21 heavy (non-hydrogen) atoms. The van der Waals surface area contributed by atoms with E-state index in [0.717, 1.165) is 12.1 Å². The summed E-state index contributed by atoms with van der Waals surface area (Å²) in [6.07, 6.45) is 7.36. The maximum absolute atomic E-state index is 6.30. The molecule has 1 aromatic rings. The Morgan fingerprint density at radius 1 is 1.29 bits per heavy atom. The van der Waals surface area contributed by atoms with E-state index < -0.39 is 0 Å². The van der Waals surface area contributed by atoms with Crippen LogP contribution in [-0.2, 0) is 4.74 Å². The zero-order valence-corrected chi connectivity index (χ0v) is 13.0. The summed E-state index contributed by atoms with van der Waals surface area (Å²) >= 11 is 0. The Morgan fingerprint density at radius 3 is 2.57 bits per heavy atom. The lowest BCUT2D eigenvalue weighted by Gasteiger charge is -2.35. The SMILES string of the molecule is C=CC[C@@H](Nc1ccc(C)cc1)C12C=CC(O1)C(C)=C2C. The molecule has 0 aliphatic carbocycles. The third-order valence-corrected chi connectivity index (χ3v) is 4.76. The van der Waals surface area contributed by atoms with E-state index in [4.69, 9.17) is 4.74 Å². The lowest BCUT2D eigenvalue weighted by Crippen LogP contribution is -2.45. The lowest BCUT2D eigenvalue weighted by atomic mass is 9.81. The number of hydrogen-bond donors (Lipinski definition) is 1. The number of benzene rings is 1. The van der Waals surface area contributed by atoms with Gasteiger partial charge in [-0.1, -0.05) is 29.8 Å². The minimum absolute atomic E-state index is 0.150. The fraction of sp³-hybridized carbons (Fsp3) is 0.368. The number of nitrogens with one attached hydrogen (secondary N) is 1. The predicted octanol–water partition coefficient (Wildman–Crippen LogP) is 4.40. The van der Waals surface area contributed by atoms with E-state index in [9.17, 15) is 0 Å². The zero-order chi connectivity index (χ0) is 15.0. The average Bonchev–Trinajstić information content (AvgIpc) is 3.02. The molecule has 0 radical (unpaired) electrons. The van der Waals surface area contributed by atoms with Gasteiger partial charge in [0.1, 0.15) is 5.60 Å². The van der Waals surface area contributed by atoms with Crippen LogP contribution in [0.2, 0.25) is 0 Å². The number of rotatable bonds is 5. The Bertz CT molecular complexity index is 611. The average molecular weight is 281 g/mol. The highest BCUT2D eigenvalue weighted by Crippen LogP contribution is 2.46. The minimum atomic E-state index is -0.326. The summed E-state index contributed by atoms with van der Waals surface area (Å²) in [5.41, 5.74) is 4.75. The van der Waals surface area contributed by atoms with Gasteiger partial charge in [-0.3, -0.25) is 0 Å². The first-order chi connectivity index (χ1) is 10.1. The number of ether oxygens (including phenoxy) is 1. The van der Waals surface area contributed by atoms with Crippen molar-refractivity contribution in [2.45, 2.75) is 44.9 Å². The highest BCUT2D eigenvalue weighted by Gasteiger charge is 2.50. The number of anilines is 1. The highest BCUT2D eigenvalue weighted by atomic mass is 16.5. The van der Waals surface area contributed by atoms with Gasteiger partial charge in [0.2, 0.25) is 0 Å². The van der Waals surface area contributed by atoms with Crippen molar-refractivity contribution in [2.24, 2.45) is 0 Å². The number of aryl methyl sites for hydroxylation is 1. The first kappa shape index (κ1) is 14.2. The van der Waals surface area contributed by atoms with Crippen LogP contribution in [0, 0.1) is 6.92 Å². The van der Waals surface area contributed by atoms with Crippen LogP contribution in [0.5, 0.6) is 0 Å². The summed E-state index contributed by atoms with van der Waals surface area (Å²) in [6, 6.07) is 8.66. The Hall–Kier alpha value is -1.80. The van der Waals surface area contributed by atoms with Crippen molar-refractivity contribution in [1.29, 1.82) is 0 Å². The van der Waals surface area contributed by atoms with Crippen molar-refractivity contribution < 1.29 is 4.74 Å². The van der Waals surface area contributed by atoms with Crippen LogP contribution in [0.25, 0.3) is 0 Å². The second-order valence-corrected chi connectivity index (χ2v) is 6.09. The van der Waals surface area contributed by atoms with Gasteiger partial charge >= 0.3 is 0 Å². The summed E-state index contributed by atoms with van der Waals surface area (Å²) in [5, 5.41) is 3.64. The molecule has 1 N–H and O–H groups in total. The molecular formula is C19H23NO. The summed E-state index contributed by atoms with van der Waals surface area (Å²) in [5.74, 6) is 0. The van der Waals surface area contributed by atoms with Gasteiger partial charge in [0.05, 0.1) is 12.1 Å². The summed E-state index contributed by atoms with van der Waals surface area (Å²) in [7, 11) is 0. The molecule has 0 spiro atoms. The topological polar surface area (TPSA) is 21.3 Å². The van der Waals surface area contributed by atoms with Crippen LogP contribution in [0.3, 0.4) is 0 Å². The van der Waals surface area contributed by atoms with Crippen LogP contribution < -0.4 is 5.32 Å². The smallest absolute Gasteiger partial charge is 0.129 e. The second-order valence-electron chi connectivity index (χ2n) is 6.09. The fourth-order valence-corrected chi connectivity index (χ4v) is 3.31. The summed E-state index contributed by atoms with van der Waals surface area (Å²) in [6.45, 7) is 10.4. The van der Waals surface area contributed by atoms with Crippen molar-refractivity contribution in [3.05, 3.63) is 65.8 Å². The van der Waals surface area contributed by atoms with E-state index in [1.165, 1.54) is 16.7 Å². The quantitative estimate of drug-likeness (QED) is 0.808. The fourth-order valence-electron chi connectivity index (χ4n) is 3.31. The summed E-state index contributed by atoms with van der Waals surface area (Å²) < 4.78 is 6.30. The molecule has 2 aliphatic heterocycles. The highest BCUT2D eigenvalue weighted by molar-refractivity contribution is 5.52. The van der Waals surface area contributed by atoms with Gasteiger partial charge in [0.25, 0.3) is 0 Å². The van der Waals surface area contributed by atoms with Crippen molar-refractivity contribution >= 4 is 5.69 Å². The van der Waals surface area contributed by atoms with Gasteiger partial charge in [-0.15, -0.1) is 6.58 Å². The van der Waals surface area contributed by atoms with Gasteiger partial charge in [0.15, 0.2) is 0 Å². The molecule has 2 heterocycles. The molecular weight excluding hydrogens is 258 g/mol. The Labute approximate surface area is 127 Å². The Kier molecular flexibility index (Phi) is 3.50. The van der Waals surface area contributed by atoms with Gasteiger partial charge in [0, 0.05) is 5.69 Å². The largest absolute Gasteiger partial charge is 0.378 e. The molecule has 3 rings (SSSR count).